The summed E-state index contributed by atoms with van der Waals surface area (Å²) in [5, 5.41) is 2.35. The smallest absolute Gasteiger partial charge is 0.238 e. The molecule has 1 N–H and O–H groups in total. The van der Waals surface area contributed by atoms with Crippen molar-refractivity contribution in [3.05, 3.63) is 30.3 Å². The van der Waals surface area contributed by atoms with Crippen molar-refractivity contribution in [1.29, 1.82) is 0 Å². The lowest BCUT2D eigenvalue weighted by atomic mass is 10.3. The zero-order valence-electron chi connectivity index (χ0n) is 6.75. The number of halogens is 1. The number of hydrogen-bond donors (Lipinski definition) is 1. The van der Waals surface area contributed by atoms with Crippen molar-refractivity contribution in [2.24, 2.45) is 0 Å². The van der Waals surface area contributed by atoms with Crippen molar-refractivity contribution in [2.45, 2.75) is 5.00 Å². The molecule has 1 aromatic rings. The van der Waals surface area contributed by atoms with E-state index < -0.39 is 0 Å². The fourth-order valence-electron chi connectivity index (χ4n) is 0.763. The molecule has 64 valence electrons. The van der Waals surface area contributed by atoms with Gasteiger partial charge in [-0.25, -0.2) is 0 Å². The maximum Gasteiger partial charge on any atom is 0.238 e. The van der Waals surface area contributed by atoms with Crippen molar-refractivity contribution in [3.8, 4) is 0 Å². The first kappa shape index (κ1) is 9.29. The van der Waals surface area contributed by atoms with Crippen molar-refractivity contribution in [1.82, 2.24) is 0 Å². The van der Waals surface area contributed by atoms with E-state index in [0.29, 0.717) is 10.2 Å². The van der Waals surface area contributed by atoms with E-state index in [1.165, 1.54) is 0 Å². The van der Waals surface area contributed by atoms with Gasteiger partial charge in [-0.2, -0.15) is 0 Å². The normalized spacial score (nSPS) is 12.4. The number of carbonyl (C=O) groups excluding carboxylic acids is 1. The van der Waals surface area contributed by atoms with Crippen LogP contribution in [0.25, 0.3) is 0 Å². The quantitative estimate of drug-likeness (QED) is 0.547. The maximum atomic E-state index is 11.1. The zero-order chi connectivity index (χ0) is 8.97. The predicted molar refractivity (Wildman–Crippen MR) is 54.7 cm³/mol. The van der Waals surface area contributed by atoms with Crippen LogP contribution in [0.2, 0.25) is 0 Å². The fraction of sp³-hybridized carbons (Fsp3) is 0.125. The Morgan fingerprint density at radius 3 is 2.50 bits per heavy atom. The first-order valence-corrected chi connectivity index (χ1v) is 5.29. The molecule has 0 aliphatic rings. The summed E-state index contributed by atoms with van der Waals surface area (Å²) in [5.41, 5.74) is 0.795. The number of amides is 1. The van der Waals surface area contributed by atoms with Crippen LogP contribution in [0, 0.1) is 0 Å². The average Bonchev–Trinajstić information content (AvgIpc) is 2.06. The molecule has 0 spiro atoms. The molecule has 4 heteroatoms. The molecule has 0 aliphatic carbocycles. The Morgan fingerprint density at radius 1 is 1.42 bits per heavy atom. The van der Waals surface area contributed by atoms with Gasteiger partial charge in [0.25, 0.3) is 0 Å². The molecule has 0 aliphatic heterocycles. The number of rotatable bonds is 2. The largest absolute Gasteiger partial charge is 0.325 e. The molecule has 0 saturated carbocycles. The molecule has 0 aromatic heterocycles. The number of anilines is 1. The Bertz CT molecular complexity index is 263. The molecule has 0 fully saturated rings. The molecule has 1 amide bonds. The average molecular weight is 200 g/mol. The molecule has 1 atom stereocenters. The molecule has 0 heterocycles. The summed E-state index contributed by atoms with van der Waals surface area (Å²) < 4.78 is 0. The van der Waals surface area contributed by atoms with Gasteiger partial charge in [0.05, 0.1) is 5.00 Å². The van der Waals surface area contributed by atoms with Gasteiger partial charge >= 0.3 is 0 Å². The first-order valence-electron chi connectivity index (χ1n) is 3.70. The van der Waals surface area contributed by atoms with Crippen LogP contribution < -0.4 is 5.32 Å². The number of nitrogens with one attached hydrogen (secondary N) is 1. The molecular weight excluding hydrogens is 190 g/mol. The van der Waals surface area contributed by atoms with E-state index >= 15 is 0 Å². The monoisotopic (exact) mass is 199 g/mol. The number of alkyl halides is 1. The van der Waals surface area contributed by atoms with E-state index in [0.717, 1.165) is 5.69 Å². The van der Waals surface area contributed by atoms with Crippen molar-refractivity contribution in [2.75, 3.05) is 5.32 Å². The maximum absolute atomic E-state index is 11.1. The molecule has 1 unspecified atom stereocenters. The minimum atomic E-state index is -0.356. The number of hydrogen-bond acceptors (Lipinski definition) is 1. The van der Waals surface area contributed by atoms with Crippen LogP contribution >= 0.6 is 11.6 Å². The molecule has 0 radical (unpaired) electrons. The minimum absolute atomic E-state index is 0.116. The lowest BCUT2D eigenvalue weighted by Crippen LogP contribution is -2.22. The fourth-order valence-corrected chi connectivity index (χ4v) is 0.962. The van der Waals surface area contributed by atoms with E-state index in [4.69, 9.17) is 11.6 Å². The summed E-state index contributed by atoms with van der Waals surface area (Å²) in [5.74, 6) is -0.116. The third-order valence-corrected chi connectivity index (χ3v) is 2.13. The van der Waals surface area contributed by atoms with Gasteiger partial charge in [-0.1, -0.05) is 18.2 Å². The van der Waals surface area contributed by atoms with Crippen LogP contribution in [-0.2, 0) is 4.79 Å². The van der Waals surface area contributed by atoms with Gasteiger partial charge in [0.2, 0.25) is 5.91 Å². The third-order valence-electron chi connectivity index (χ3n) is 1.40. The summed E-state index contributed by atoms with van der Waals surface area (Å²) >= 11 is 5.63. The van der Waals surface area contributed by atoms with Gasteiger partial charge in [-0.3, -0.25) is 4.79 Å². The van der Waals surface area contributed by atoms with Gasteiger partial charge in [-0.15, -0.1) is 11.6 Å². The summed E-state index contributed by atoms with van der Waals surface area (Å²) in [7, 11) is 0.667. The summed E-state index contributed by atoms with van der Waals surface area (Å²) in [6.07, 6.45) is 0. The van der Waals surface area contributed by atoms with Crippen LogP contribution in [0.15, 0.2) is 30.3 Å². The predicted octanol–water partition coefficient (Wildman–Crippen LogP) is 0.555. The van der Waals surface area contributed by atoms with E-state index in [1.54, 1.807) is 0 Å². The molecule has 1 rings (SSSR count). The molecule has 1 aromatic carbocycles. The van der Waals surface area contributed by atoms with Crippen LogP contribution in [0.4, 0.5) is 5.69 Å². The van der Waals surface area contributed by atoms with Crippen LogP contribution in [0.1, 0.15) is 0 Å². The highest BCUT2D eigenvalue weighted by Crippen LogP contribution is 2.05. The SMILES string of the molecule is O=C(Nc1ccccc1)C([SiH3])Cl. The lowest BCUT2D eigenvalue weighted by molar-refractivity contribution is -0.114. The second-order valence-electron chi connectivity index (χ2n) is 2.47. The minimum Gasteiger partial charge on any atom is -0.325 e. The van der Waals surface area contributed by atoms with E-state index in [-0.39, 0.29) is 10.9 Å². The molecule has 0 bridgehead atoms. The number of carbonyl (C=O) groups is 1. The number of para-hydroxylation sites is 1. The van der Waals surface area contributed by atoms with Gasteiger partial charge in [0, 0.05) is 15.9 Å². The van der Waals surface area contributed by atoms with E-state index in [1.807, 2.05) is 30.3 Å². The standard InChI is InChI=1S/C8H10ClNOSi/c9-7(12)8(11)10-6-4-2-1-3-5-6/h1-5,7H,12H3,(H,10,11). The highest BCUT2D eigenvalue weighted by atomic mass is 35.5. The summed E-state index contributed by atoms with van der Waals surface area (Å²) in [4.78, 5) is 11.1. The first-order chi connectivity index (χ1) is 5.70. The molecular formula is C8H10ClNOSi. The Balaban J connectivity index is 2.59. The van der Waals surface area contributed by atoms with E-state index in [9.17, 15) is 4.79 Å². The van der Waals surface area contributed by atoms with Crippen molar-refractivity contribution >= 4 is 33.4 Å². The third kappa shape index (κ3) is 2.68. The van der Waals surface area contributed by atoms with Crippen molar-refractivity contribution < 1.29 is 4.79 Å². The van der Waals surface area contributed by atoms with Gasteiger partial charge in [-0.05, 0) is 12.1 Å². The Kier molecular flexibility index (Phi) is 3.31. The Hall–Kier alpha value is -0.803. The van der Waals surface area contributed by atoms with Crippen LogP contribution in [0.5, 0.6) is 0 Å². The van der Waals surface area contributed by atoms with Gasteiger partial charge in [0.15, 0.2) is 0 Å². The second-order valence-corrected chi connectivity index (χ2v) is 5.01. The topological polar surface area (TPSA) is 29.1 Å². The molecule has 2 nitrogen and oxygen atoms in total. The lowest BCUT2D eigenvalue weighted by Gasteiger charge is -2.05. The van der Waals surface area contributed by atoms with Gasteiger partial charge in [0.1, 0.15) is 0 Å². The zero-order valence-corrected chi connectivity index (χ0v) is 9.51. The molecule has 12 heavy (non-hydrogen) atoms. The number of benzene rings is 1. The van der Waals surface area contributed by atoms with E-state index in [2.05, 4.69) is 5.32 Å². The Labute approximate surface area is 79.3 Å². The summed E-state index contributed by atoms with van der Waals surface area (Å²) in [6.45, 7) is 0. The summed E-state index contributed by atoms with van der Waals surface area (Å²) in [6, 6.07) is 9.30. The van der Waals surface area contributed by atoms with Crippen molar-refractivity contribution in [3.63, 3.8) is 0 Å². The second kappa shape index (κ2) is 4.28. The Morgan fingerprint density at radius 2 is 2.00 bits per heavy atom. The van der Waals surface area contributed by atoms with Crippen LogP contribution in [-0.4, -0.2) is 21.2 Å². The highest BCUT2D eigenvalue weighted by Gasteiger charge is 2.07. The molecule has 0 saturated heterocycles. The van der Waals surface area contributed by atoms with Gasteiger partial charge < -0.3 is 5.32 Å². The highest BCUT2D eigenvalue weighted by molar-refractivity contribution is 6.51. The van der Waals surface area contributed by atoms with Crippen LogP contribution in [0.3, 0.4) is 0 Å².